The van der Waals surface area contributed by atoms with E-state index in [1.165, 1.54) is 14.0 Å². The molecule has 15 atom stereocenters. The molecule has 3 saturated heterocycles. The minimum Gasteiger partial charge on any atom is -0.394 e. The minimum atomic E-state index is -1.75. The third-order valence-electron chi connectivity index (χ3n) is 6.27. The van der Waals surface area contributed by atoms with Crippen LogP contribution in [0.15, 0.2) is 0 Å². The first-order valence-corrected chi connectivity index (χ1v) is 10.8. The Labute approximate surface area is 194 Å². The highest BCUT2D eigenvalue weighted by Crippen LogP contribution is 2.30. The fourth-order valence-electron chi connectivity index (χ4n) is 4.18. The van der Waals surface area contributed by atoms with Crippen molar-refractivity contribution in [3.8, 4) is 0 Å². The minimum absolute atomic E-state index is 0.529. The van der Waals surface area contributed by atoms with Crippen LogP contribution in [0.25, 0.3) is 0 Å². The maximum Gasteiger partial charge on any atom is 0.187 e. The van der Waals surface area contributed by atoms with Crippen molar-refractivity contribution < 1.29 is 74.4 Å². The molecule has 3 aliphatic heterocycles. The van der Waals surface area contributed by atoms with Gasteiger partial charge in [-0.3, -0.25) is 0 Å². The summed E-state index contributed by atoms with van der Waals surface area (Å²) >= 11 is 0. The third kappa shape index (κ3) is 5.54. The lowest BCUT2D eigenvalue weighted by Crippen LogP contribution is -2.64. The van der Waals surface area contributed by atoms with Crippen LogP contribution in [0.1, 0.15) is 6.92 Å². The molecule has 0 radical (unpaired) electrons. The molecule has 9 N–H and O–H groups in total. The summed E-state index contributed by atoms with van der Waals surface area (Å²) in [6, 6.07) is 0. The highest BCUT2D eigenvalue weighted by atomic mass is 16.7. The van der Waals surface area contributed by atoms with E-state index in [4.69, 9.17) is 28.4 Å². The molecular weight excluding hydrogens is 468 g/mol. The maximum absolute atomic E-state index is 10.4. The van der Waals surface area contributed by atoms with Gasteiger partial charge in [-0.15, -0.1) is 0 Å². The number of ether oxygens (including phenoxy) is 6. The van der Waals surface area contributed by atoms with Gasteiger partial charge in [0.15, 0.2) is 18.9 Å². The Morgan fingerprint density at radius 1 is 0.647 bits per heavy atom. The molecule has 0 spiro atoms. The summed E-state index contributed by atoms with van der Waals surface area (Å²) in [5, 5.41) is 89.9. The zero-order valence-corrected chi connectivity index (χ0v) is 18.5. The summed E-state index contributed by atoms with van der Waals surface area (Å²) in [5.74, 6) is 0. The Kier molecular flexibility index (Phi) is 9.57. The number of rotatable bonds is 7. The second-order valence-electron chi connectivity index (χ2n) is 8.57. The normalized spacial score (nSPS) is 52.5. The van der Waals surface area contributed by atoms with Gasteiger partial charge in [-0.2, -0.15) is 0 Å². The Morgan fingerprint density at radius 3 is 1.79 bits per heavy atom. The quantitative estimate of drug-likeness (QED) is 0.157. The molecule has 1 unspecified atom stereocenters. The van der Waals surface area contributed by atoms with E-state index in [0.717, 1.165) is 0 Å². The molecule has 3 heterocycles. The van der Waals surface area contributed by atoms with Crippen LogP contribution in [-0.2, 0) is 28.4 Å². The first-order chi connectivity index (χ1) is 16.0. The highest BCUT2D eigenvalue weighted by molar-refractivity contribution is 4.94. The summed E-state index contributed by atoms with van der Waals surface area (Å²) in [7, 11) is 1.27. The van der Waals surface area contributed by atoms with Crippen LogP contribution in [0.3, 0.4) is 0 Å². The van der Waals surface area contributed by atoms with Crippen LogP contribution >= 0.6 is 0 Å². The number of methoxy groups -OCH3 is 1. The molecule has 0 aromatic rings. The molecular formula is C19H34O15. The van der Waals surface area contributed by atoms with E-state index >= 15 is 0 Å². The molecule has 0 saturated carbocycles. The summed E-state index contributed by atoms with van der Waals surface area (Å²) in [6.45, 7) is 0.322. The van der Waals surface area contributed by atoms with Crippen molar-refractivity contribution in [1.29, 1.82) is 0 Å². The van der Waals surface area contributed by atoms with Gasteiger partial charge in [-0.05, 0) is 6.92 Å². The molecule has 34 heavy (non-hydrogen) atoms. The number of hydrogen-bond acceptors (Lipinski definition) is 15. The van der Waals surface area contributed by atoms with E-state index < -0.39 is 105 Å². The van der Waals surface area contributed by atoms with Gasteiger partial charge in [0, 0.05) is 7.11 Å². The van der Waals surface area contributed by atoms with Gasteiger partial charge >= 0.3 is 0 Å². The van der Waals surface area contributed by atoms with Crippen LogP contribution in [0.5, 0.6) is 0 Å². The average Bonchev–Trinajstić information content (AvgIpc) is 2.81. The molecule has 0 amide bonds. The van der Waals surface area contributed by atoms with Crippen LogP contribution in [-0.4, -0.2) is 158 Å². The SMILES string of the molecule is CO[C@H]1[C@@H](O[C@@H]2O[C@H](CO[C@@H]3O[C@H](CO)[C@@H](O)[C@H](O)[C@H]3O)[C@@H](O)[C@H](O)[C@H]2O)[C@@H](C)OC(O)[C@@H]1O. The van der Waals surface area contributed by atoms with Gasteiger partial charge in [0.05, 0.1) is 19.3 Å². The van der Waals surface area contributed by atoms with Crippen LogP contribution in [0.2, 0.25) is 0 Å². The number of aliphatic hydroxyl groups excluding tert-OH is 9. The van der Waals surface area contributed by atoms with Crippen molar-refractivity contribution in [3.05, 3.63) is 0 Å². The van der Waals surface area contributed by atoms with Crippen molar-refractivity contribution in [2.24, 2.45) is 0 Å². The fourth-order valence-corrected chi connectivity index (χ4v) is 4.18. The molecule has 3 fully saturated rings. The summed E-state index contributed by atoms with van der Waals surface area (Å²) in [6.07, 6.45) is -21.7. The molecule has 0 aliphatic carbocycles. The van der Waals surface area contributed by atoms with Gasteiger partial charge in [-0.25, -0.2) is 0 Å². The Balaban J connectivity index is 1.66. The largest absolute Gasteiger partial charge is 0.394 e. The van der Waals surface area contributed by atoms with Gasteiger partial charge < -0.3 is 74.4 Å². The Bertz CT molecular complexity index is 639. The monoisotopic (exact) mass is 502 g/mol. The van der Waals surface area contributed by atoms with E-state index in [1.807, 2.05) is 0 Å². The molecule has 0 aromatic heterocycles. The standard InChI is InChI=1S/C19H34O15/c1-5-15(16(29-2)14(27)17(28)31-5)34-19-13(26)11(24)9(22)7(33-19)4-30-18-12(25)10(23)8(21)6(3-20)32-18/h5-28H,3-4H2,1-2H3/t5-,6-,7-,8-,9-,10+,11+,12-,13-,14-,15+,16-,17?,18-,19+/m1/s1. The van der Waals surface area contributed by atoms with Gasteiger partial charge in [-0.1, -0.05) is 0 Å². The van der Waals surface area contributed by atoms with Crippen LogP contribution < -0.4 is 0 Å². The van der Waals surface area contributed by atoms with E-state index in [9.17, 15) is 46.0 Å². The molecule has 3 rings (SSSR count). The topological polar surface area (TPSA) is 237 Å². The van der Waals surface area contributed by atoms with Crippen molar-refractivity contribution in [2.45, 2.75) is 99.0 Å². The van der Waals surface area contributed by atoms with Crippen molar-refractivity contribution >= 4 is 0 Å². The lowest BCUT2D eigenvalue weighted by atomic mass is 9.97. The highest BCUT2D eigenvalue weighted by Gasteiger charge is 2.51. The Morgan fingerprint density at radius 2 is 1.21 bits per heavy atom. The van der Waals surface area contributed by atoms with Crippen molar-refractivity contribution in [2.75, 3.05) is 20.3 Å². The lowest BCUT2D eigenvalue weighted by molar-refractivity contribution is -0.360. The second-order valence-corrected chi connectivity index (χ2v) is 8.57. The molecule has 0 aromatic carbocycles. The number of hydrogen-bond donors (Lipinski definition) is 9. The average molecular weight is 502 g/mol. The molecule has 3 aliphatic rings. The smallest absolute Gasteiger partial charge is 0.187 e. The summed E-state index contributed by atoms with van der Waals surface area (Å²) in [4.78, 5) is 0. The summed E-state index contributed by atoms with van der Waals surface area (Å²) < 4.78 is 32.2. The molecule has 15 heteroatoms. The maximum atomic E-state index is 10.4. The van der Waals surface area contributed by atoms with Crippen LogP contribution in [0.4, 0.5) is 0 Å². The zero-order valence-electron chi connectivity index (χ0n) is 18.5. The lowest BCUT2D eigenvalue weighted by Gasteiger charge is -2.46. The molecule has 0 bridgehead atoms. The van der Waals surface area contributed by atoms with Gasteiger partial charge in [0.1, 0.15) is 67.1 Å². The summed E-state index contributed by atoms with van der Waals surface area (Å²) in [5.41, 5.74) is 0. The molecule has 15 nitrogen and oxygen atoms in total. The van der Waals surface area contributed by atoms with E-state index in [2.05, 4.69) is 0 Å². The van der Waals surface area contributed by atoms with Gasteiger partial charge in [0.25, 0.3) is 0 Å². The van der Waals surface area contributed by atoms with E-state index in [0.29, 0.717) is 0 Å². The fraction of sp³-hybridized carbons (Fsp3) is 1.00. The third-order valence-corrected chi connectivity index (χ3v) is 6.27. The Hall–Kier alpha value is -0.600. The van der Waals surface area contributed by atoms with Gasteiger partial charge in [0.2, 0.25) is 0 Å². The number of aliphatic hydroxyl groups is 9. The van der Waals surface area contributed by atoms with Crippen molar-refractivity contribution in [3.63, 3.8) is 0 Å². The predicted octanol–water partition coefficient (Wildman–Crippen LogP) is -5.89. The van der Waals surface area contributed by atoms with E-state index in [1.54, 1.807) is 0 Å². The zero-order chi connectivity index (χ0) is 25.3. The second kappa shape index (κ2) is 11.6. The predicted molar refractivity (Wildman–Crippen MR) is 105 cm³/mol. The first kappa shape index (κ1) is 28.0. The van der Waals surface area contributed by atoms with E-state index in [-0.39, 0.29) is 0 Å². The first-order valence-electron chi connectivity index (χ1n) is 10.8. The van der Waals surface area contributed by atoms with Crippen LogP contribution in [0, 0.1) is 0 Å². The molecule has 200 valence electrons. The van der Waals surface area contributed by atoms with Crippen molar-refractivity contribution in [1.82, 2.24) is 0 Å².